The maximum absolute atomic E-state index is 11.7. The van der Waals surface area contributed by atoms with E-state index in [-0.39, 0.29) is 4.90 Å². The Morgan fingerprint density at radius 3 is 2.47 bits per heavy atom. The van der Waals surface area contributed by atoms with Gasteiger partial charge in [-0.05, 0) is 35.4 Å². The first kappa shape index (κ1) is 11.9. The van der Waals surface area contributed by atoms with Crippen LogP contribution >= 0.6 is 0 Å². The van der Waals surface area contributed by atoms with Gasteiger partial charge >= 0.3 is 5.97 Å². The van der Waals surface area contributed by atoms with Crippen molar-refractivity contribution < 1.29 is 18.3 Å². The average molecular weight is 252 g/mol. The van der Waals surface area contributed by atoms with Crippen LogP contribution < -0.4 is 10.4 Å². The Labute approximate surface area is 98.8 Å². The van der Waals surface area contributed by atoms with E-state index >= 15 is 0 Å². The number of carboxylic acids is 1. The first-order valence-corrected chi connectivity index (χ1v) is 6.89. The molecule has 0 amide bonds. The molecule has 1 aliphatic rings. The van der Waals surface area contributed by atoms with E-state index in [0.29, 0.717) is 0 Å². The highest BCUT2D eigenvalue weighted by Crippen LogP contribution is 2.07. The highest BCUT2D eigenvalue weighted by atomic mass is 32.2. The Kier molecular flexibility index (Phi) is 3.02. The van der Waals surface area contributed by atoms with Crippen LogP contribution in [-0.2, 0) is 14.6 Å². The number of hydrogen-bond donors (Lipinski definition) is 1. The number of hydrogen-bond acceptors (Lipinski definition) is 3. The summed E-state index contributed by atoms with van der Waals surface area (Å²) in [5, 5.41) is 10.4. The van der Waals surface area contributed by atoms with Gasteiger partial charge in [0.2, 0.25) is 0 Å². The predicted molar refractivity (Wildman–Crippen MR) is 63.5 cm³/mol. The lowest BCUT2D eigenvalue weighted by atomic mass is 10.1. The van der Waals surface area contributed by atoms with E-state index in [1.54, 1.807) is 12.1 Å². The first-order valence-electron chi connectivity index (χ1n) is 5.24. The lowest BCUT2D eigenvalue weighted by Gasteiger charge is -2.04. The van der Waals surface area contributed by atoms with Crippen LogP contribution in [0.5, 0.6) is 0 Å². The standard InChI is InChI=1S/C12H12O4S/c13-12(14)8-17(15,16)11-6-5-9-3-1-2-4-10(9)7-11/h3-7H,1-2,8H2,(H,13,14). The maximum atomic E-state index is 11.7. The number of sulfone groups is 1. The molecule has 0 saturated carbocycles. The minimum absolute atomic E-state index is 0.0743. The van der Waals surface area contributed by atoms with Gasteiger partial charge in [0.05, 0.1) is 4.90 Å². The van der Waals surface area contributed by atoms with Crippen LogP contribution in [0.15, 0.2) is 23.1 Å². The molecule has 2 rings (SSSR count). The van der Waals surface area contributed by atoms with E-state index in [4.69, 9.17) is 5.11 Å². The van der Waals surface area contributed by atoms with Gasteiger partial charge in [0.1, 0.15) is 0 Å². The van der Waals surface area contributed by atoms with Crippen molar-refractivity contribution in [2.45, 2.75) is 17.7 Å². The average Bonchev–Trinajstić information content (AvgIpc) is 2.26. The Bertz CT molecular complexity index is 671. The number of rotatable bonds is 3. The third kappa shape index (κ3) is 2.55. The van der Waals surface area contributed by atoms with Crippen LogP contribution in [0.4, 0.5) is 0 Å². The van der Waals surface area contributed by atoms with Crippen molar-refractivity contribution in [2.24, 2.45) is 0 Å². The molecule has 0 fully saturated rings. The smallest absolute Gasteiger partial charge is 0.319 e. The van der Waals surface area contributed by atoms with E-state index in [1.807, 2.05) is 12.2 Å². The van der Waals surface area contributed by atoms with Crippen molar-refractivity contribution in [3.05, 3.63) is 28.6 Å². The van der Waals surface area contributed by atoms with Gasteiger partial charge in [0.15, 0.2) is 15.6 Å². The molecule has 0 radical (unpaired) electrons. The lowest BCUT2D eigenvalue weighted by Crippen LogP contribution is -2.28. The Hall–Kier alpha value is -1.62. The number of aliphatic carboxylic acids is 1. The van der Waals surface area contributed by atoms with Crippen LogP contribution in [0.2, 0.25) is 0 Å². The van der Waals surface area contributed by atoms with Crippen molar-refractivity contribution in [1.82, 2.24) is 0 Å². The predicted octanol–water partition coefficient (Wildman–Crippen LogP) is -0.100. The second-order valence-electron chi connectivity index (χ2n) is 3.93. The van der Waals surface area contributed by atoms with E-state index in [9.17, 15) is 13.2 Å². The summed E-state index contributed by atoms with van der Waals surface area (Å²) >= 11 is 0. The van der Waals surface area contributed by atoms with Crippen LogP contribution in [0.3, 0.4) is 0 Å². The van der Waals surface area contributed by atoms with E-state index in [0.717, 1.165) is 23.3 Å². The summed E-state index contributed by atoms with van der Waals surface area (Å²) < 4.78 is 23.4. The molecule has 90 valence electrons. The highest BCUT2D eigenvalue weighted by Gasteiger charge is 2.18. The van der Waals surface area contributed by atoms with Crippen molar-refractivity contribution in [3.8, 4) is 0 Å². The number of carbonyl (C=O) groups is 1. The van der Waals surface area contributed by atoms with Gasteiger partial charge in [-0.2, -0.15) is 0 Å². The summed E-state index contributed by atoms with van der Waals surface area (Å²) in [5.41, 5.74) is 0. The van der Waals surface area contributed by atoms with Crippen LogP contribution in [-0.4, -0.2) is 25.2 Å². The van der Waals surface area contributed by atoms with Crippen molar-refractivity contribution in [1.29, 1.82) is 0 Å². The van der Waals surface area contributed by atoms with Gasteiger partial charge in [-0.25, -0.2) is 8.42 Å². The molecule has 0 spiro atoms. The molecule has 0 atom stereocenters. The number of fused-ring (bicyclic) bond motifs is 1. The fourth-order valence-corrected chi connectivity index (χ4v) is 2.91. The summed E-state index contributed by atoms with van der Waals surface area (Å²) in [6, 6.07) is 4.73. The Morgan fingerprint density at radius 1 is 1.18 bits per heavy atom. The van der Waals surface area contributed by atoms with Gasteiger partial charge in [-0.1, -0.05) is 18.2 Å². The molecule has 1 N–H and O–H groups in total. The lowest BCUT2D eigenvalue weighted by molar-refractivity contribution is -0.134. The van der Waals surface area contributed by atoms with Gasteiger partial charge in [-0.3, -0.25) is 4.79 Å². The van der Waals surface area contributed by atoms with E-state index < -0.39 is 21.6 Å². The zero-order chi connectivity index (χ0) is 12.5. The summed E-state index contributed by atoms with van der Waals surface area (Å²) in [6.07, 6.45) is 5.85. The minimum atomic E-state index is -3.73. The quantitative estimate of drug-likeness (QED) is 0.815. The molecule has 1 aliphatic carbocycles. The fourth-order valence-electron chi connectivity index (χ4n) is 1.83. The molecular weight excluding hydrogens is 240 g/mol. The fraction of sp³-hybridized carbons (Fsp3) is 0.250. The zero-order valence-electron chi connectivity index (χ0n) is 9.09. The third-order valence-corrected chi connectivity index (χ3v) is 4.23. The van der Waals surface area contributed by atoms with Crippen molar-refractivity contribution >= 4 is 28.0 Å². The summed E-state index contributed by atoms with van der Waals surface area (Å²) in [7, 11) is -3.73. The molecule has 0 aliphatic heterocycles. The number of benzene rings is 1. The monoisotopic (exact) mass is 252 g/mol. The van der Waals surface area contributed by atoms with Gasteiger partial charge in [0.25, 0.3) is 0 Å². The molecule has 1 aromatic rings. The van der Waals surface area contributed by atoms with Crippen molar-refractivity contribution in [2.75, 3.05) is 5.75 Å². The van der Waals surface area contributed by atoms with Gasteiger partial charge in [0, 0.05) is 0 Å². The van der Waals surface area contributed by atoms with Crippen LogP contribution in [0.1, 0.15) is 12.8 Å². The van der Waals surface area contributed by atoms with Gasteiger partial charge < -0.3 is 5.11 Å². The SMILES string of the molecule is O=C(O)CS(=O)(=O)c1ccc2c(c1)=CCCC=2. The molecule has 0 unspecified atom stereocenters. The molecule has 1 aromatic carbocycles. The molecule has 17 heavy (non-hydrogen) atoms. The summed E-state index contributed by atoms with van der Waals surface area (Å²) in [6.45, 7) is 0. The molecule has 4 nitrogen and oxygen atoms in total. The maximum Gasteiger partial charge on any atom is 0.319 e. The molecule has 0 bridgehead atoms. The van der Waals surface area contributed by atoms with E-state index in [2.05, 4.69) is 0 Å². The molecule has 0 aromatic heterocycles. The number of carboxylic acid groups (broad SMARTS) is 1. The molecular formula is C12H12O4S. The van der Waals surface area contributed by atoms with E-state index in [1.165, 1.54) is 6.07 Å². The molecule has 0 saturated heterocycles. The highest BCUT2D eigenvalue weighted by molar-refractivity contribution is 7.92. The van der Waals surface area contributed by atoms with Crippen LogP contribution in [0.25, 0.3) is 12.2 Å². The normalized spacial score (nSPS) is 14.4. The third-order valence-electron chi connectivity index (χ3n) is 2.63. The zero-order valence-corrected chi connectivity index (χ0v) is 9.90. The second kappa shape index (κ2) is 4.33. The summed E-state index contributed by atoms with van der Waals surface area (Å²) in [4.78, 5) is 10.6. The Morgan fingerprint density at radius 2 is 1.82 bits per heavy atom. The second-order valence-corrected chi connectivity index (χ2v) is 5.92. The first-order chi connectivity index (χ1) is 7.99. The largest absolute Gasteiger partial charge is 0.480 e. The molecule has 0 heterocycles. The Balaban J connectivity index is 2.53. The summed E-state index contributed by atoms with van der Waals surface area (Å²) in [5.74, 6) is -2.20. The van der Waals surface area contributed by atoms with Crippen LogP contribution in [0, 0.1) is 0 Å². The van der Waals surface area contributed by atoms with Crippen molar-refractivity contribution in [3.63, 3.8) is 0 Å². The minimum Gasteiger partial charge on any atom is -0.480 e. The molecule has 5 heteroatoms. The topological polar surface area (TPSA) is 71.4 Å². The van der Waals surface area contributed by atoms with Gasteiger partial charge in [-0.15, -0.1) is 0 Å².